The minimum Gasteiger partial charge on any atom is -0.496 e. The Labute approximate surface area is 152 Å². The lowest BCUT2D eigenvalue weighted by Gasteiger charge is -2.37. The molecule has 2 aromatic carbocycles. The van der Waals surface area contributed by atoms with Crippen molar-refractivity contribution in [2.45, 2.75) is 6.92 Å². The summed E-state index contributed by atoms with van der Waals surface area (Å²) >= 11 is 6.09. The van der Waals surface area contributed by atoms with E-state index in [-0.39, 0.29) is 5.91 Å². The maximum absolute atomic E-state index is 12.9. The number of anilines is 2. The summed E-state index contributed by atoms with van der Waals surface area (Å²) in [6.07, 6.45) is 0. The number of piperazine rings is 1. The number of amides is 1. The van der Waals surface area contributed by atoms with E-state index in [1.165, 1.54) is 18.4 Å². The molecule has 2 aromatic rings. The first-order valence-corrected chi connectivity index (χ1v) is 8.62. The van der Waals surface area contributed by atoms with Gasteiger partial charge in [0, 0.05) is 37.9 Å². The molecular weight excluding hydrogens is 338 g/mol. The summed E-state index contributed by atoms with van der Waals surface area (Å²) in [5.41, 5.74) is 9.12. The standard InChI is InChI=1S/C19H22ClN3O2/c1-13-5-3-4-6-17(13)22-7-9-23(10-8-22)19(24)14-11-15(20)16(21)12-18(14)25-2/h3-6,11-12H,7-10,21H2,1-2H3. The third kappa shape index (κ3) is 3.51. The summed E-state index contributed by atoms with van der Waals surface area (Å²) in [5, 5.41) is 0.364. The molecular formula is C19H22ClN3O2. The maximum atomic E-state index is 12.9. The van der Waals surface area contributed by atoms with Crippen LogP contribution >= 0.6 is 11.6 Å². The van der Waals surface area contributed by atoms with Gasteiger partial charge in [0.2, 0.25) is 0 Å². The van der Waals surface area contributed by atoms with Crippen molar-refractivity contribution < 1.29 is 9.53 Å². The van der Waals surface area contributed by atoms with Crippen molar-refractivity contribution in [3.05, 3.63) is 52.5 Å². The molecule has 0 bridgehead atoms. The number of rotatable bonds is 3. The van der Waals surface area contributed by atoms with E-state index in [9.17, 15) is 4.79 Å². The van der Waals surface area contributed by atoms with E-state index in [1.54, 1.807) is 12.1 Å². The molecule has 3 rings (SSSR count). The maximum Gasteiger partial charge on any atom is 0.257 e. The van der Waals surface area contributed by atoms with Crippen LogP contribution in [0.25, 0.3) is 0 Å². The quantitative estimate of drug-likeness (QED) is 0.855. The van der Waals surface area contributed by atoms with Crippen molar-refractivity contribution >= 4 is 28.9 Å². The summed E-state index contributed by atoms with van der Waals surface area (Å²) in [5.74, 6) is 0.372. The Bertz CT molecular complexity index is 786. The van der Waals surface area contributed by atoms with Crippen LogP contribution < -0.4 is 15.4 Å². The Hall–Kier alpha value is -2.40. The van der Waals surface area contributed by atoms with Gasteiger partial charge in [-0.15, -0.1) is 0 Å². The zero-order valence-corrected chi connectivity index (χ0v) is 15.2. The van der Waals surface area contributed by atoms with Gasteiger partial charge in [-0.05, 0) is 24.6 Å². The molecule has 1 aliphatic heterocycles. The lowest BCUT2D eigenvalue weighted by molar-refractivity contribution is 0.0743. The van der Waals surface area contributed by atoms with Gasteiger partial charge in [-0.2, -0.15) is 0 Å². The minimum absolute atomic E-state index is 0.0804. The summed E-state index contributed by atoms with van der Waals surface area (Å²) in [4.78, 5) is 17.0. The number of hydrogen-bond donors (Lipinski definition) is 1. The highest BCUT2D eigenvalue weighted by Gasteiger charge is 2.25. The third-order valence-corrected chi connectivity index (χ3v) is 4.90. The number of nitrogen functional groups attached to an aromatic ring is 1. The van der Waals surface area contributed by atoms with Crippen LogP contribution in [0, 0.1) is 6.92 Å². The van der Waals surface area contributed by atoms with Crippen LogP contribution in [0.2, 0.25) is 5.02 Å². The summed E-state index contributed by atoms with van der Waals surface area (Å²) in [6, 6.07) is 11.5. The van der Waals surface area contributed by atoms with Gasteiger partial charge in [0.1, 0.15) is 5.75 Å². The van der Waals surface area contributed by atoms with Gasteiger partial charge in [0.25, 0.3) is 5.91 Å². The fourth-order valence-corrected chi connectivity index (χ4v) is 3.31. The van der Waals surface area contributed by atoms with Crippen LogP contribution in [0.1, 0.15) is 15.9 Å². The van der Waals surface area contributed by atoms with Gasteiger partial charge in [-0.1, -0.05) is 29.8 Å². The SMILES string of the molecule is COc1cc(N)c(Cl)cc1C(=O)N1CCN(c2ccccc2C)CC1. The Kier molecular flexibility index (Phi) is 5.04. The molecule has 1 saturated heterocycles. The van der Waals surface area contributed by atoms with E-state index in [2.05, 4.69) is 24.0 Å². The molecule has 0 atom stereocenters. The van der Waals surface area contributed by atoms with E-state index in [1.807, 2.05) is 17.0 Å². The molecule has 0 aromatic heterocycles. The number of benzene rings is 2. The monoisotopic (exact) mass is 359 g/mol. The van der Waals surface area contributed by atoms with Crippen molar-refractivity contribution in [3.8, 4) is 5.75 Å². The fraction of sp³-hybridized carbons (Fsp3) is 0.316. The number of carbonyl (C=O) groups is 1. The van der Waals surface area contributed by atoms with Gasteiger partial charge in [-0.25, -0.2) is 0 Å². The molecule has 0 unspecified atom stereocenters. The first-order chi connectivity index (χ1) is 12.0. The van der Waals surface area contributed by atoms with E-state index in [4.69, 9.17) is 22.1 Å². The molecule has 1 aliphatic rings. The first-order valence-electron chi connectivity index (χ1n) is 8.24. The Morgan fingerprint density at radius 1 is 1.16 bits per heavy atom. The number of para-hydroxylation sites is 1. The normalized spacial score (nSPS) is 14.5. The van der Waals surface area contributed by atoms with E-state index in [0.717, 1.165) is 13.1 Å². The summed E-state index contributed by atoms with van der Waals surface area (Å²) < 4.78 is 5.30. The molecule has 1 heterocycles. The van der Waals surface area contributed by atoms with Crippen LogP contribution in [-0.2, 0) is 0 Å². The van der Waals surface area contributed by atoms with Gasteiger partial charge in [-0.3, -0.25) is 4.79 Å². The molecule has 2 N–H and O–H groups in total. The van der Waals surface area contributed by atoms with Crippen LogP contribution in [0.4, 0.5) is 11.4 Å². The Morgan fingerprint density at radius 3 is 2.48 bits per heavy atom. The van der Waals surface area contributed by atoms with Gasteiger partial charge < -0.3 is 20.3 Å². The second-order valence-electron chi connectivity index (χ2n) is 6.14. The highest BCUT2D eigenvalue weighted by Crippen LogP contribution is 2.30. The van der Waals surface area contributed by atoms with Gasteiger partial charge in [0.05, 0.1) is 23.4 Å². The van der Waals surface area contributed by atoms with Gasteiger partial charge >= 0.3 is 0 Å². The predicted octanol–water partition coefficient (Wildman–Crippen LogP) is 3.20. The number of hydrogen-bond acceptors (Lipinski definition) is 4. The van der Waals surface area contributed by atoms with E-state index < -0.39 is 0 Å². The van der Waals surface area contributed by atoms with Crippen molar-refractivity contribution in [2.75, 3.05) is 43.9 Å². The molecule has 0 radical (unpaired) electrons. The molecule has 132 valence electrons. The number of carbonyl (C=O) groups excluding carboxylic acids is 1. The average Bonchev–Trinajstić information content (AvgIpc) is 2.63. The molecule has 0 aliphatic carbocycles. The minimum atomic E-state index is -0.0804. The van der Waals surface area contributed by atoms with Crippen LogP contribution in [0.3, 0.4) is 0 Å². The molecule has 0 spiro atoms. The molecule has 0 saturated carbocycles. The van der Waals surface area contributed by atoms with E-state index >= 15 is 0 Å². The van der Waals surface area contributed by atoms with Crippen molar-refractivity contribution in [2.24, 2.45) is 0 Å². The van der Waals surface area contributed by atoms with Crippen molar-refractivity contribution in [1.82, 2.24) is 4.90 Å². The van der Waals surface area contributed by atoms with Crippen molar-refractivity contribution in [1.29, 1.82) is 0 Å². The Morgan fingerprint density at radius 2 is 1.84 bits per heavy atom. The molecule has 5 nitrogen and oxygen atoms in total. The lowest BCUT2D eigenvalue weighted by Crippen LogP contribution is -2.49. The number of halogens is 1. The molecule has 6 heteroatoms. The highest BCUT2D eigenvalue weighted by atomic mass is 35.5. The fourth-order valence-electron chi connectivity index (χ4n) is 3.14. The molecule has 25 heavy (non-hydrogen) atoms. The van der Waals surface area contributed by atoms with E-state index in [0.29, 0.717) is 35.1 Å². The lowest BCUT2D eigenvalue weighted by atomic mass is 10.1. The van der Waals surface area contributed by atoms with Crippen LogP contribution in [0.5, 0.6) is 5.75 Å². The number of nitrogens with two attached hydrogens (primary N) is 1. The average molecular weight is 360 g/mol. The third-order valence-electron chi connectivity index (χ3n) is 4.57. The largest absolute Gasteiger partial charge is 0.496 e. The zero-order valence-electron chi connectivity index (χ0n) is 14.5. The summed E-state index contributed by atoms with van der Waals surface area (Å²) in [7, 11) is 1.52. The van der Waals surface area contributed by atoms with Crippen LogP contribution in [0.15, 0.2) is 36.4 Å². The topological polar surface area (TPSA) is 58.8 Å². The smallest absolute Gasteiger partial charge is 0.257 e. The molecule has 1 amide bonds. The van der Waals surface area contributed by atoms with Crippen LogP contribution in [-0.4, -0.2) is 44.1 Å². The summed E-state index contributed by atoms with van der Waals surface area (Å²) in [6.45, 7) is 4.99. The number of nitrogens with zero attached hydrogens (tertiary/aromatic N) is 2. The zero-order chi connectivity index (χ0) is 18.0. The number of methoxy groups -OCH3 is 1. The predicted molar refractivity (Wildman–Crippen MR) is 102 cm³/mol. The number of ether oxygens (including phenoxy) is 1. The first kappa shape index (κ1) is 17.4. The van der Waals surface area contributed by atoms with Gasteiger partial charge in [0.15, 0.2) is 0 Å². The highest BCUT2D eigenvalue weighted by molar-refractivity contribution is 6.33. The Balaban J connectivity index is 1.74. The second-order valence-corrected chi connectivity index (χ2v) is 6.55. The molecule has 1 fully saturated rings. The second kappa shape index (κ2) is 7.23. The van der Waals surface area contributed by atoms with Crippen molar-refractivity contribution in [3.63, 3.8) is 0 Å². The number of aryl methyl sites for hydroxylation is 1.